The van der Waals surface area contributed by atoms with Crippen LogP contribution in [0.25, 0.3) is 16.6 Å². The molecule has 0 aliphatic heterocycles. The summed E-state index contributed by atoms with van der Waals surface area (Å²) in [6.45, 7) is 0. The number of fused-ring (bicyclic) bond motifs is 1. The van der Waals surface area contributed by atoms with Gasteiger partial charge in [0.2, 0.25) is 5.78 Å². The Balaban J connectivity index is 2.08. The van der Waals surface area contributed by atoms with Gasteiger partial charge in [-0.1, -0.05) is 54.6 Å². The van der Waals surface area contributed by atoms with Crippen molar-refractivity contribution in [2.45, 2.75) is 4.90 Å². The highest BCUT2D eigenvalue weighted by Crippen LogP contribution is 2.40. The van der Waals surface area contributed by atoms with E-state index in [4.69, 9.17) is 0 Å². The molecule has 4 aromatic rings. The number of carbonyl (C=O) groups is 1. The van der Waals surface area contributed by atoms with Gasteiger partial charge in [0.25, 0.3) is 0 Å². The SMILES string of the molecule is CSc1c(-c2ccccc2C#N)c2ccccn2c1C(=O)c1ccccc1. The lowest BCUT2D eigenvalue weighted by Gasteiger charge is -2.06. The molecule has 0 aliphatic carbocycles. The molecule has 3 nitrogen and oxygen atoms in total. The van der Waals surface area contributed by atoms with Crippen molar-refractivity contribution < 1.29 is 4.79 Å². The number of thioether (sulfide) groups is 1. The van der Waals surface area contributed by atoms with Crippen molar-refractivity contribution in [3.05, 3.63) is 95.8 Å². The van der Waals surface area contributed by atoms with Gasteiger partial charge >= 0.3 is 0 Å². The Labute approximate surface area is 161 Å². The number of benzene rings is 2. The van der Waals surface area contributed by atoms with E-state index in [0.717, 1.165) is 21.5 Å². The minimum atomic E-state index is -0.0261. The zero-order valence-electron chi connectivity index (χ0n) is 14.7. The van der Waals surface area contributed by atoms with E-state index in [1.54, 1.807) is 0 Å². The van der Waals surface area contributed by atoms with Gasteiger partial charge in [0, 0.05) is 27.8 Å². The van der Waals surface area contributed by atoms with E-state index in [1.807, 2.05) is 89.6 Å². The number of rotatable bonds is 4. The van der Waals surface area contributed by atoms with Crippen LogP contribution in [0.3, 0.4) is 0 Å². The molecule has 2 aromatic heterocycles. The highest BCUT2D eigenvalue weighted by atomic mass is 32.2. The molecule has 0 N–H and O–H groups in total. The number of nitrogens with zero attached hydrogens (tertiary/aromatic N) is 2. The van der Waals surface area contributed by atoms with Crippen LogP contribution in [0.4, 0.5) is 0 Å². The van der Waals surface area contributed by atoms with Crippen molar-refractivity contribution in [2.75, 3.05) is 6.26 Å². The Morgan fingerprint density at radius 1 is 0.963 bits per heavy atom. The van der Waals surface area contributed by atoms with Crippen LogP contribution in [-0.2, 0) is 0 Å². The van der Waals surface area contributed by atoms with Gasteiger partial charge in [0.05, 0.1) is 17.1 Å². The van der Waals surface area contributed by atoms with Gasteiger partial charge in [-0.3, -0.25) is 4.79 Å². The number of carbonyl (C=O) groups excluding carboxylic acids is 1. The van der Waals surface area contributed by atoms with Crippen LogP contribution in [0.5, 0.6) is 0 Å². The van der Waals surface area contributed by atoms with Crippen molar-refractivity contribution in [1.82, 2.24) is 4.40 Å². The molecule has 27 heavy (non-hydrogen) atoms. The number of pyridine rings is 1. The highest BCUT2D eigenvalue weighted by Gasteiger charge is 2.25. The maximum atomic E-state index is 13.3. The van der Waals surface area contributed by atoms with E-state index >= 15 is 0 Å². The Bertz CT molecular complexity index is 1190. The van der Waals surface area contributed by atoms with Crippen LogP contribution in [-0.4, -0.2) is 16.4 Å². The maximum Gasteiger partial charge on any atom is 0.210 e. The fraction of sp³-hybridized carbons (Fsp3) is 0.0435. The molecule has 2 heterocycles. The largest absolute Gasteiger partial charge is 0.312 e. The smallest absolute Gasteiger partial charge is 0.210 e. The third-order valence-electron chi connectivity index (χ3n) is 4.57. The molecule has 130 valence electrons. The zero-order chi connectivity index (χ0) is 18.8. The first kappa shape index (κ1) is 17.1. The van der Waals surface area contributed by atoms with Crippen LogP contribution >= 0.6 is 11.8 Å². The number of nitriles is 1. The minimum Gasteiger partial charge on any atom is -0.312 e. The van der Waals surface area contributed by atoms with Crippen LogP contribution < -0.4 is 0 Å². The second-order valence-corrected chi connectivity index (χ2v) is 6.88. The molecule has 4 heteroatoms. The minimum absolute atomic E-state index is 0.0261. The third kappa shape index (κ3) is 2.83. The lowest BCUT2D eigenvalue weighted by atomic mass is 10.00. The second-order valence-electron chi connectivity index (χ2n) is 6.07. The summed E-state index contributed by atoms with van der Waals surface area (Å²) in [5.74, 6) is -0.0261. The van der Waals surface area contributed by atoms with E-state index in [9.17, 15) is 10.1 Å². The fourth-order valence-corrected chi connectivity index (χ4v) is 4.19. The number of hydrogen-bond donors (Lipinski definition) is 0. The van der Waals surface area contributed by atoms with E-state index in [2.05, 4.69) is 6.07 Å². The molecule has 0 spiro atoms. The third-order valence-corrected chi connectivity index (χ3v) is 5.38. The van der Waals surface area contributed by atoms with Crippen LogP contribution in [0.2, 0.25) is 0 Å². The van der Waals surface area contributed by atoms with Gasteiger partial charge < -0.3 is 4.40 Å². The van der Waals surface area contributed by atoms with Gasteiger partial charge in [-0.2, -0.15) is 5.26 Å². The van der Waals surface area contributed by atoms with Gasteiger partial charge in [-0.15, -0.1) is 11.8 Å². The molecule has 0 atom stereocenters. The summed E-state index contributed by atoms with van der Waals surface area (Å²) in [5.41, 5.74) is 4.58. The predicted molar refractivity (Wildman–Crippen MR) is 109 cm³/mol. The first-order valence-corrected chi connectivity index (χ1v) is 9.75. The van der Waals surface area contributed by atoms with E-state index in [1.165, 1.54) is 11.8 Å². The van der Waals surface area contributed by atoms with Crippen LogP contribution in [0, 0.1) is 11.3 Å². The molecular weight excluding hydrogens is 352 g/mol. The molecule has 4 rings (SSSR count). The van der Waals surface area contributed by atoms with Crippen molar-refractivity contribution in [1.29, 1.82) is 5.26 Å². The monoisotopic (exact) mass is 368 g/mol. The maximum absolute atomic E-state index is 13.3. The molecule has 2 aromatic carbocycles. The van der Waals surface area contributed by atoms with E-state index < -0.39 is 0 Å². The summed E-state index contributed by atoms with van der Waals surface area (Å²) in [5, 5.41) is 9.58. The lowest BCUT2D eigenvalue weighted by Crippen LogP contribution is -2.06. The Hall–Kier alpha value is -3.29. The number of ketones is 1. The standard InChI is InChI=1S/C23H16N2OS/c1-27-23-20(18-12-6-5-11-17(18)15-24)19-13-7-8-14-25(19)21(23)22(26)16-9-3-2-4-10-16/h2-14H,1H3. The molecule has 0 saturated heterocycles. The molecule has 0 saturated carbocycles. The first-order chi connectivity index (χ1) is 13.3. The van der Waals surface area contributed by atoms with E-state index in [0.29, 0.717) is 16.8 Å². The van der Waals surface area contributed by atoms with Gasteiger partial charge in [0.1, 0.15) is 5.69 Å². The van der Waals surface area contributed by atoms with Crippen molar-refractivity contribution in [3.63, 3.8) is 0 Å². The normalized spacial score (nSPS) is 10.7. The lowest BCUT2D eigenvalue weighted by molar-refractivity contribution is 0.103. The van der Waals surface area contributed by atoms with E-state index in [-0.39, 0.29) is 5.78 Å². The van der Waals surface area contributed by atoms with Crippen molar-refractivity contribution in [3.8, 4) is 17.2 Å². The fourth-order valence-electron chi connectivity index (χ4n) is 3.38. The Kier molecular flexibility index (Phi) is 4.53. The predicted octanol–water partition coefficient (Wildman–Crippen LogP) is 5.43. The van der Waals surface area contributed by atoms with Gasteiger partial charge in [-0.25, -0.2) is 0 Å². The molecule has 0 amide bonds. The van der Waals surface area contributed by atoms with Crippen molar-refractivity contribution in [2.24, 2.45) is 0 Å². The van der Waals surface area contributed by atoms with Crippen molar-refractivity contribution >= 4 is 23.1 Å². The first-order valence-electron chi connectivity index (χ1n) is 8.52. The quantitative estimate of drug-likeness (QED) is 0.356. The average Bonchev–Trinajstić information content (AvgIpc) is 3.07. The molecule has 0 radical (unpaired) electrons. The molecule has 0 unspecified atom stereocenters. The summed E-state index contributed by atoms with van der Waals surface area (Å²) < 4.78 is 1.94. The summed E-state index contributed by atoms with van der Waals surface area (Å²) in [6, 6.07) is 25.0. The highest BCUT2D eigenvalue weighted by molar-refractivity contribution is 7.98. The summed E-state index contributed by atoms with van der Waals surface area (Å²) >= 11 is 1.53. The molecule has 0 aliphatic rings. The van der Waals surface area contributed by atoms with Gasteiger partial charge in [-0.05, 0) is 24.5 Å². The Morgan fingerprint density at radius 3 is 2.41 bits per heavy atom. The molecule has 0 fully saturated rings. The van der Waals surface area contributed by atoms with Gasteiger partial charge in [0.15, 0.2) is 0 Å². The molecule has 0 bridgehead atoms. The van der Waals surface area contributed by atoms with Crippen LogP contribution in [0.15, 0.2) is 83.9 Å². The number of hydrogen-bond acceptors (Lipinski definition) is 3. The molecular formula is C23H16N2OS. The zero-order valence-corrected chi connectivity index (χ0v) is 15.5. The summed E-state index contributed by atoms with van der Waals surface area (Å²) in [4.78, 5) is 14.2. The topological polar surface area (TPSA) is 45.3 Å². The Morgan fingerprint density at radius 2 is 1.67 bits per heavy atom. The average molecular weight is 368 g/mol. The number of aromatic nitrogens is 1. The summed E-state index contributed by atoms with van der Waals surface area (Å²) in [7, 11) is 0. The summed E-state index contributed by atoms with van der Waals surface area (Å²) in [6.07, 6.45) is 3.87. The second kappa shape index (κ2) is 7.14. The van der Waals surface area contributed by atoms with Crippen LogP contribution in [0.1, 0.15) is 21.6 Å².